The molecule has 0 aromatic rings. The van der Waals surface area contributed by atoms with Gasteiger partial charge in [0.15, 0.2) is 25.2 Å². The minimum Gasteiger partial charge on any atom is -0.477 e. The Hall–Kier alpha value is -3.85. The maximum absolute atomic E-state index is 13.2. The van der Waals surface area contributed by atoms with Crippen molar-refractivity contribution < 1.29 is 183 Å². The Kier molecular flexibility index (Phi) is 25.6. The molecular formula is C48H79N3O37. The monoisotopic (exact) mass is 1290 g/mol. The third-order valence-corrected chi connectivity index (χ3v) is 15.6. The van der Waals surface area contributed by atoms with Crippen LogP contribution in [0.15, 0.2) is 0 Å². The summed E-state index contributed by atoms with van der Waals surface area (Å²) in [6.07, 6.45) is -61.6. The van der Waals surface area contributed by atoms with E-state index in [2.05, 4.69) is 16.0 Å². The van der Waals surface area contributed by atoms with E-state index in [1.54, 1.807) is 0 Å². The van der Waals surface area contributed by atoms with Gasteiger partial charge < -0.3 is 175 Å². The van der Waals surface area contributed by atoms with Crippen molar-refractivity contribution in [2.75, 3.05) is 39.6 Å². The fourth-order valence-corrected chi connectivity index (χ4v) is 11.0. The molecular weight excluding hydrogens is 1210 g/mol. The van der Waals surface area contributed by atoms with Crippen molar-refractivity contribution in [1.82, 2.24) is 16.0 Å². The molecule has 24 N–H and O–H groups in total. The zero-order chi connectivity index (χ0) is 65.8. The molecule has 88 heavy (non-hydrogen) atoms. The van der Waals surface area contributed by atoms with E-state index in [1.807, 2.05) is 0 Å². The fraction of sp³-hybridized carbons (Fsp3) is 0.896. The predicted molar refractivity (Wildman–Crippen MR) is 268 cm³/mol. The van der Waals surface area contributed by atoms with E-state index in [-0.39, 0.29) is 0 Å². The van der Waals surface area contributed by atoms with Gasteiger partial charge in [-0.15, -0.1) is 0 Å². The third-order valence-electron chi connectivity index (χ3n) is 15.6. The normalized spacial score (nSPS) is 44.6. The first-order valence-corrected chi connectivity index (χ1v) is 27.4. The summed E-state index contributed by atoms with van der Waals surface area (Å²) in [4.78, 5) is 64.0. The molecule has 0 saturated carbocycles. The van der Waals surface area contributed by atoms with Gasteiger partial charge in [0.2, 0.25) is 17.7 Å². The van der Waals surface area contributed by atoms with Gasteiger partial charge in [0.05, 0.1) is 63.9 Å². The van der Waals surface area contributed by atoms with Crippen LogP contribution in [0.2, 0.25) is 0 Å². The zero-order valence-electron chi connectivity index (χ0n) is 46.9. The van der Waals surface area contributed by atoms with Crippen molar-refractivity contribution in [3.63, 3.8) is 0 Å². The number of carbonyl (C=O) groups excluding carboxylic acids is 3. The van der Waals surface area contributed by atoms with Gasteiger partial charge in [0.25, 0.3) is 11.6 Å². The standard InChI is InChI=1S/C48H79N3O37/c1-12(57)49-23-15(60)4-47(45(74)75,86-38(23)26(64)17(62)6-52)78-11-22-29(67)37(25(51-14(3)59)42(82-22)83-36-21(10-56)81-43(33(71)31(36)69)84-35-20(9-55)79-41(73)32(70)30(35)68)85-44-34(72)40(28(66)19(8-54)80-44)88-48(46(76)77)5-16(61)24(50-13(2)58)39(87-48)27(65)18(63)7-53/h15-44,52-56,60-73H,4-11H2,1-3H3,(H,49,57)(H,50,58)(H,51,59)(H,74,75)(H,76,77)/t15-,16-,17+,18+,19+,20+,21+,22+,23+,24+,25+,26+,27+,28-,29-,30+,31+,32+,33+,34+,35+,36-,37+,38+,39+,40-,41-,42-,43-,44-,47+,48-/m0/s1. The average Bonchev–Trinajstić information content (AvgIpc) is 0.821. The predicted octanol–water partition coefficient (Wildman–Crippen LogP) is -15.3. The van der Waals surface area contributed by atoms with Crippen molar-refractivity contribution in [3.8, 4) is 0 Å². The van der Waals surface area contributed by atoms with E-state index in [4.69, 9.17) is 52.1 Å². The molecule has 0 aliphatic carbocycles. The van der Waals surface area contributed by atoms with E-state index >= 15 is 0 Å². The average molecular weight is 1290 g/mol. The zero-order valence-corrected chi connectivity index (χ0v) is 46.9. The number of amides is 3. The molecule has 6 aliphatic rings. The molecule has 0 bridgehead atoms. The minimum absolute atomic E-state index is 0.864. The van der Waals surface area contributed by atoms with Crippen LogP contribution in [0.4, 0.5) is 0 Å². The van der Waals surface area contributed by atoms with E-state index in [0.717, 1.165) is 20.8 Å². The maximum atomic E-state index is 13.2. The van der Waals surface area contributed by atoms with Crippen molar-refractivity contribution in [2.24, 2.45) is 0 Å². The highest BCUT2D eigenvalue weighted by molar-refractivity contribution is 5.77. The molecule has 6 rings (SSSR count). The van der Waals surface area contributed by atoms with Crippen LogP contribution in [0.25, 0.3) is 0 Å². The van der Waals surface area contributed by atoms with Crippen LogP contribution in [0.5, 0.6) is 0 Å². The van der Waals surface area contributed by atoms with Crippen LogP contribution in [0.1, 0.15) is 33.6 Å². The number of rotatable bonds is 25. The van der Waals surface area contributed by atoms with Crippen molar-refractivity contribution >= 4 is 29.7 Å². The highest BCUT2D eigenvalue weighted by Gasteiger charge is 2.62. The molecule has 0 aromatic carbocycles. The number of carboxylic acid groups (broad SMARTS) is 2. The van der Waals surface area contributed by atoms with Gasteiger partial charge in [0, 0.05) is 33.6 Å². The second kappa shape index (κ2) is 30.7. The molecule has 32 atom stereocenters. The molecule has 0 radical (unpaired) electrons. The summed E-state index contributed by atoms with van der Waals surface area (Å²) >= 11 is 0. The number of aliphatic carboxylic acids is 2. The molecule has 40 nitrogen and oxygen atoms in total. The van der Waals surface area contributed by atoms with E-state index in [0.29, 0.717) is 0 Å². The largest absolute Gasteiger partial charge is 0.477 e. The maximum Gasteiger partial charge on any atom is 0.364 e. The van der Waals surface area contributed by atoms with Crippen LogP contribution >= 0.6 is 0 Å². The third kappa shape index (κ3) is 15.8. The van der Waals surface area contributed by atoms with E-state index in [9.17, 15) is 131 Å². The fourth-order valence-electron chi connectivity index (χ4n) is 11.0. The van der Waals surface area contributed by atoms with E-state index < -0.39 is 277 Å². The molecule has 40 heteroatoms. The summed E-state index contributed by atoms with van der Waals surface area (Å²) in [5.74, 6) is -13.6. The number of hydrogen-bond acceptors (Lipinski definition) is 35. The Morgan fingerprint density at radius 3 is 1.34 bits per heavy atom. The highest BCUT2D eigenvalue weighted by atomic mass is 16.8. The number of aliphatic hydroxyl groups excluding tert-OH is 19. The molecule has 0 unspecified atom stereocenters. The lowest BCUT2D eigenvalue weighted by atomic mass is 9.88. The summed E-state index contributed by atoms with van der Waals surface area (Å²) in [7, 11) is 0. The molecule has 0 spiro atoms. The first-order chi connectivity index (χ1) is 41.2. The lowest BCUT2D eigenvalue weighted by Crippen LogP contribution is -2.72. The smallest absolute Gasteiger partial charge is 0.364 e. The van der Waals surface area contributed by atoms with Gasteiger partial charge >= 0.3 is 11.9 Å². The first-order valence-electron chi connectivity index (χ1n) is 27.4. The van der Waals surface area contributed by atoms with Gasteiger partial charge in [-0.3, -0.25) is 14.4 Å². The topological polar surface area (TPSA) is 648 Å². The number of aliphatic hydroxyl groups is 19. The summed E-state index contributed by atoms with van der Waals surface area (Å²) in [6.45, 7) is -4.40. The molecule has 6 aliphatic heterocycles. The number of carbonyl (C=O) groups is 5. The second-order valence-corrected chi connectivity index (χ2v) is 21.9. The Labute approximate surface area is 496 Å². The lowest BCUT2D eigenvalue weighted by Gasteiger charge is -2.52. The Balaban J connectivity index is 1.40. The Morgan fingerprint density at radius 1 is 0.466 bits per heavy atom. The summed E-state index contributed by atoms with van der Waals surface area (Å²) < 4.78 is 63.1. The number of carboxylic acids is 2. The number of ether oxygens (including phenoxy) is 11. The molecule has 3 amide bonds. The lowest BCUT2D eigenvalue weighted by molar-refractivity contribution is -0.390. The van der Waals surface area contributed by atoms with Gasteiger partial charge in [-0.1, -0.05) is 0 Å². The van der Waals surface area contributed by atoms with E-state index in [1.165, 1.54) is 0 Å². The van der Waals surface area contributed by atoms with Crippen LogP contribution in [0.3, 0.4) is 0 Å². The Bertz CT molecular complexity index is 2320. The van der Waals surface area contributed by atoms with Crippen molar-refractivity contribution in [3.05, 3.63) is 0 Å². The van der Waals surface area contributed by atoms with Crippen LogP contribution in [-0.4, -0.2) is 372 Å². The second-order valence-electron chi connectivity index (χ2n) is 21.9. The quantitative estimate of drug-likeness (QED) is 0.0404. The Morgan fingerprint density at radius 2 is 0.864 bits per heavy atom. The van der Waals surface area contributed by atoms with Crippen LogP contribution in [0, 0.1) is 0 Å². The van der Waals surface area contributed by atoms with Gasteiger partial charge in [-0.05, 0) is 0 Å². The molecule has 6 fully saturated rings. The van der Waals surface area contributed by atoms with Gasteiger partial charge in [-0.25, -0.2) is 9.59 Å². The SMILES string of the molecule is CC(=O)N[C@H]1[C@H](O[C@@H]2[C@H](O)[C@@H](O)[C@H](O[C@H]3[C@H](O)[C@@H](O)[C@@H](O)O[C@@H]3CO)O[C@@H]2CO)O[C@H](CO[C@]2(C(=O)O)C[C@H](O)[C@@H](NC(C)=O)[C@H]([C@H](O)[C@H](O)CO)O2)[C@H](O)[C@@H]1O[C@@H]1O[C@H](CO)[C@H](O)[C@H](O[C@]2(C(=O)O)C[C@H](O)[C@@H](NC(C)=O)[C@H]([C@H](O)[C@H](O)CO)O2)[C@H]1O. The summed E-state index contributed by atoms with van der Waals surface area (Å²) in [5, 5.41) is 234. The van der Waals surface area contributed by atoms with Crippen molar-refractivity contribution in [2.45, 2.75) is 229 Å². The van der Waals surface area contributed by atoms with Crippen molar-refractivity contribution in [1.29, 1.82) is 0 Å². The molecule has 508 valence electrons. The summed E-state index contributed by atoms with van der Waals surface area (Å²) in [6, 6.07) is -5.59. The van der Waals surface area contributed by atoms with Gasteiger partial charge in [-0.2, -0.15) is 0 Å². The highest BCUT2D eigenvalue weighted by Crippen LogP contribution is 2.41. The number of hydrogen-bond donors (Lipinski definition) is 24. The first kappa shape index (κ1) is 73.2. The van der Waals surface area contributed by atoms with Crippen LogP contribution < -0.4 is 16.0 Å². The molecule has 6 saturated heterocycles. The minimum atomic E-state index is -3.33. The summed E-state index contributed by atoms with van der Waals surface area (Å²) in [5.41, 5.74) is 0. The van der Waals surface area contributed by atoms with Gasteiger partial charge in [0.1, 0.15) is 134 Å². The van der Waals surface area contributed by atoms with Crippen LogP contribution in [-0.2, 0) is 76.1 Å². The molecule has 6 heterocycles. The molecule has 0 aromatic heterocycles. The number of nitrogens with one attached hydrogen (secondary N) is 3.